The van der Waals surface area contributed by atoms with Crippen molar-refractivity contribution in [2.75, 3.05) is 13.7 Å². The minimum absolute atomic E-state index is 0. The fraction of sp³-hybridized carbons (Fsp3) is 0.158. The summed E-state index contributed by atoms with van der Waals surface area (Å²) in [7, 11) is 1.55. The third-order valence-corrected chi connectivity index (χ3v) is 4.73. The summed E-state index contributed by atoms with van der Waals surface area (Å²) < 4.78 is 7.29. The van der Waals surface area contributed by atoms with Gasteiger partial charge in [0.25, 0.3) is 5.91 Å². The van der Waals surface area contributed by atoms with Crippen molar-refractivity contribution < 1.29 is 33.5 Å². The molecule has 0 spiro atoms. The number of carbonyl (C=O) groups is 1. The number of nitrogens with zero attached hydrogens (tertiary/aromatic N) is 1. The highest BCUT2D eigenvalue weighted by molar-refractivity contribution is 8.13. The van der Waals surface area contributed by atoms with E-state index in [4.69, 9.17) is 15.9 Å². The van der Waals surface area contributed by atoms with Crippen LogP contribution in [0.15, 0.2) is 59.6 Å². The number of hydrogen-bond donors (Lipinski definition) is 3. The van der Waals surface area contributed by atoms with E-state index in [-0.39, 0.29) is 35.1 Å². The minimum atomic E-state index is -0.169. The number of rotatable bonds is 6. The lowest BCUT2D eigenvalue weighted by Gasteiger charge is -2.10. The van der Waals surface area contributed by atoms with Crippen LogP contribution in [0, 0.1) is 5.41 Å². The van der Waals surface area contributed by atoms with Crippen LogP contribution in [-0.4, -0.2) is 29.3 Å². The van der Waals surface area contributed by atoms with Crippen LogP contribution in [0.4, 0.5) is 0 Å². The predicted octanol–water partition coefficient (Wildman–Crippen LogP) is 0.0695. The highest BCUT2D eigenvalue weighted by Crippen LogP contribution is 2.29. The summed E-state index contributed by atoms with van der Waals surface area (Å²) in [6.07, 6.45) is 1.96. The summed E-state index contributed by atoms with van der Waals surface area (Å²) in [6.45, 7) is 1.08. The van der Waals surface area contributed by atoms with E-state index in [1.807, 2.05) is 42.6 Å². The summed E-state index contributed by atoms with van der Waals surface area (Å²) in [4.78, 5) is 13.3. The molecule has 6 nitrogen and oxygen atoms in total. The molecular formula is C19H20IN4O2S-. The Balaban J connectivity index is 0.00000261. The van der Waals surface area contributed by atoms with Crippen LogP contribution in [0.25, 0.3) is 10.9 Å². The molecule has 4 N–H and O–H groups in total. The monoisotopic (exact) mass is 495 g/mol. The van der Waals surface area contributed by atoms with Crippen LogP contribution in [0.3, 0.4) is 0 Å². The van der Waals surface area contributed by atoms with Crippen LogP contribution in [-0.2, 0) is 6.54 Å². The van der Waals surface area contributed by atoms with E-state index in [1.165, 1.54) is 11.8 Å². The fourth-order valence-electron chi connectivity index (χ4n) is 2.82. The first-order chi connectivity index (χ1) is 12.6. The molecule has 3 aromatic rings. The quantitative estimate of drug-likeness (QED) is 0.195. The molecule has 142 valence electrons. The Bertz CT molecular complexity index is 958. The molecule has 0 saturated heterocycles. The molecule has 0 saturated carbocycles. The summed E-state index contributed by atoms with van der Waals surface area (Å²) in [5.74, 6) is 0.383. The molecule has 0 aliphatic carbocycles. The second-order valence-corrected chi connectivity index (χ2v) is 6.71. The third kappa shape index (κ3) is 4.95. The average molecular weight is 495 g/mol. The van der Waals surface area contributed by atoms with E-state index < -0.39 is 0 Å². The predicted molar refractivity (Wildman–Crippen MR) is 105 cm³/mol. The fourth-order valence-corrected chi connectivity index (χ4v) is 3.51. The normalized spacial score (nSPS) is 10.3. The molecule has 3 rings (SSSR count). The molecule has 0 bridgehead atoms. The van der Waals surface area contributed by atoms with Crippen molar-refractivity contribution in [2.45, 2.75) is 11.4 Å². The molecule has 0 aliphatic heterocycles. The number of nitrogens with one attached hydrogen (secondary N) is 2. The second-order valence-electron chi connectivity index (χ2n) is 5.63. The zero-order valence-corrected chi connectivity index (χ0v) is 17.7. The van der Waals surface area contributed by atoms with Crippen LogP contribution in [0.2, 0.25) is 0 Å². The maximum atomic E-state index is 12.4. The number of halogens is 1. The van der Waals surface area contributed by atoms with Gasteiger partial charge in [0.1, 0.15) is 5.75 Å². The van der Waals surface area contributed by atoms with Gasteiger partial charge in [0.15, 0.2) is 5.17 Å². The molecule has 1 aromatic heterocycles. The molecular weight excluding hydrogens is 475 g/mol. The first-order valence-electron chi connectivity index (χ1n) is 8.11. The van der Waals surface area contributed by atoms with Crippen LogP contribution in [0.1, 0.15) is 10.4 Å². The first-order valence-corrected chi connectivity index (χ1v) is 8.92. The maximum Gasteiger partial charge on any atom is 0.255 e. The zero-order chi connectivity index (χ0) is 18.5. The Morgan fingerprint density at radius 3 is 2.67 bits per heavy atom. The Hall–Kier alpha value is -2.20. The topological polar surface area (TPSA) is 93.1 Å². The van der Waals surface area contributed by atoms with E-state index >= 15 is 0 Å². The lowest BCUT2D eigenvalue weighted by atomic mass is 10.2. The van der Waals surface area contributed by atoms with Gasteiger partial charge in [-0.3, -0.25) is 10.2 Å². The first kappa shape index (κ1) is 21.1. The van der Waals surface area contributed by atoms with Crippen molar-refractivity contribution >= 4 is 33.7 Å². The van der Waals surface area contributed by atoms with Gasteiger partial charge in [0, 0.05) is 35.1 Å². The number of para-hydroxylation sites is 2. The second kappa shape index (κ2) is 9.65. The van der Waals surface area contributed by atoms with E-state index in [9.17, 15) is 4.79 Å². The van der Waals surface area contributed by atoms with Crippen molar-refractivity contribution in [1.82, 2.24) is 9.88 Å². The number of thioether (sulfide) groups is 1. The zero-order valence-electron chi connectivity index (χ0n) is 14.7. The number of ether oxygens (including phenoxy) is 1. The molecule has 2 aromatic carbocycles. The SMILES string of the molecule is COc1ccccc1C(=O)NCCn1cc(SC(=N)N)c2ccccc21.[I-]. The standard InChI is InChI=1S/C19H20N4O2S.HI/c1-25-16-9-5-3-7-14(16)18(24)22-10-11-23-12-17(26-19(20)21)13-6-2-4-8-15(13)23;/h2-9,12H,10-11H2,1H3,(H3,20,21)(H,22,24);1H/p-1. The van der Waals surface area contributed by atoms with Gasteiger partial charge in [-0.1, -0.05) is 42.1 Å². The molecule has 0 aliphatic rings. The number of benzene rings is 2. The highest BCUT2D eigenvalue weighted by atomic mass is 127. The van der Waals surface area contributed by atoms with Gasteiger partial charge < -0.3 is 44.3 Å². The average Bonchev–Trinajstić information content (AvgIpc) is 2.99. The largest absolute Gasteiger partial charge is 1.00 e. The lowest BCUT2D eigenvalue weighted by Crippen LogP contribution is -3.00. The summed E-state index contributed by atoms with van der Waals surface area (Å²) >= 11 is 1.23. The van der Waals surface area contributed by atoms with E-state index in [0.717, 1.165) is 15.8 Å². The van der Waals surface area contributed by atoms with E-state index in [0.29, 0.717) is 24.4 Å². The Morgan fingerprint density at radius 2 is 1.93 bits per heavy atom. The molecule has 27 heavy (non-hydrogen) atoms. The number of carbonyl (C=O) groups excluding carboxylic acids is 1. The van der Waals surface area contributed by atoms with Crippen molar-refractivity contribution in [3.8, 4) is 5.75 Å². The maximum absolute atomic E-state index is 12.4. The van der Waals surface area contributed by atoms with Crippen molar-refractivity contribution in [3.05, 3.63) is 60.3 Å². The summed E-state index contributed by atoms with van der Waals surface area (Å²) in [6, 6.07) is 15.1. The van der Waals surface area contributed by atoms with Gasteiger partial charge in [-0.15, -0.1) is 0 Å². The molecule has 0 atom stereocenters. The highest BCUT2D eigenvalue weighted by Gasteiger charge is 2.12. The Labute approximate surface area is 179 Å². The van der Waals surface area contributed by atoms with Crippen LogP contribution in [0.5, 0.6) is 5.75 Å². The Kier molecular flexibility index (Phi) is 7.55. The van der Waals surface area contributed by atoms with Gasteiger partial charge >= 0.3 is 0 Å². The summed E-state index contributed by atoms with van der Waals surface area (Å²) in [5.41, 5.74) is 7.08. The van der Waals surface area contributed by atoms with Crippen LogP contribution < -0.4 is 39.8 Å². The minimum Gasteiger partial charge on any atom is -1.00 e. The smallest absolute Gasteiger partial charge is 0.255 e. The number of aromatic nitrogens is 1. The molecule has 1 amide bonds. The number of nitrogens with two attached hydrogens (primary N) is 1. The van der Waals surface area contributed by atoms with E-state index in [1.54, 1.807) is 19.2 Å². The molecule has 1 heterocycles. The Morgan fingerprint density at radius 1 is 1.22 bits per heavy atom. The number of amidine groups is 1. The van der Waals surface area contributed by atoms with Crippen molar-refractivity contribution in [2.24, 2.45) is 5.73 Å². The number of hydrogen-bond acceptors (Lipinski definition) is 4. The summed E-state index contributed by atoms with van der Waals surface area (Å²) in [5, 5.41) is 11.5. The van der Waals surface area contributed by atoms with Gasteiger partial charge in [0.2, 0.25) is 0 Å². The van der Waals surface area contributed by atoms with Gasteiger partial charge in [-0.2, -0.15) is 0 Å². The van der Waals surface area contributed by atoms with Crippen molar-refractivity contribution in [3.63, 3.8) is 0 Å². The van der Waals surface area contributed by atoms with E-state index in [2.05, 4.69) is 9.88 Å². The number of amides is 1. The van der Waals surface area contributed by atoms with Crippen molar-refractivity contribution in [1.29, 1.82) is 5.41 Å². The molecule has 0 unspecified atom stereocenters. The van der Waals surface area contributed by atoms with Gasteiger partial charge in [-0.05, 0) is 18.2 Å². The van der Waals surface area contributed by atoms with Crippen LogP contribution >= 0.6 is 11.8 Å². The van der Waals surface area contributed by atoms with Gasteiger partial charge in [-0.25, -0.2) is 0 Å². The molecule has 8 heteroatoms. The molecule has 0 radical (unpaired) electrons. The third-order valence-electron chi connectivity index (χ3n) is 3.96. The molecule has 0 fully saturated rings. The van der Waals surface area contributed by atoms with Gasteiger partial charge in [0.05, 0.1) is 12.7 Å². The number of methoxy groups -OCH3 is 1. The lowest BCUT2D eigenvalue weighted by molar-refractivity contribution is -0.0000144. The number of fused-ring (bicyclic) bond motifs is 1.